The summed E-state index contributed by atoms with van der Waals surface area (Å²) in [5.41, 5.74) is 6.18. The van der Waals surface area contributed by atoms with Crippen molar-refractivity contribution in [2.45, 2.75) is 0 Å². The largest absolute Gasteiger partial charge is 0.493 e. The molecule has 0 radical (unpaired) electrons. The topological polar surface area (TPSA) is 104 Å². The normalized spacial score (nSPS) is 10.9. The van der Waals surface area contributed by atoms with Crippen molar-refractivity contribution in [1.82, 2.24) is 4.98 Å². The molecule has 152 valence electrons. The maximum absolute atomic E-state index is 12.8. The Morgan fingerprint density at radius 2 is 2.00 bits per heavy atom. The van der Waals surface area contributed by atoms with Crippen LogP contribution >= 0.6 is 22.9 Å². The zero-order valence-electron chi connectivity index (χ0n) is 15.8. The Morgan fingerprint density at radius 1 is 1.20 bits per heavy atom. The van der Waals surface area contributed by atoms with Crippen molar-refractivity contribution in [1.29, 1.82) is 0 Å². The molecule has 30 heavy (non-hydrogen) atoms. The summed E-state index contributed by atoms with van der Waals surface area (Å²) in [6.07, 6.45) is 0. The second-order valence-corrected chi connectivity index (χ2v) is 7.79. The van der Waals surface area contributed by atoms with E-state index in [0.717, 1.165) is 21.0 Å². The van der Waals surface area contributed by atoms with Gasteiger partial charge < -0.3 is 15.2 Å². The molecule has 3 aromatic carbocycles. The van der Waals surface area contributed by atoms with Gasteiger partial charge in [-0.2, -0.15) is 0 Å². The highest BCUT2D eigenvalue weighted by Crippen LogP contribution is 2.37. The lowest BCUT2D eigenvalue weighted by atomic mass is 10.1. The molecular weight excluding hydrogens is 426 g/mol. The van der Waals surface area contributed by atoms with Gasteiger partial charge >= 0.3 is 0 Å². The first-order valence-electron chi connectivity index (χ1n) is 8.84. The summed E-state index contributed by atoms with van der Waals surface area (Å²) in [4.78, 5) is 28.3. The van der Waals surface area contributed by atoms with Crippen molar-refractivity contribution in [2.24, 2.45) is 5.73 Å². The highest BCUT2D eigenvalue weighted by molar-refractivity contribution is 7.22. The number of nitrogens with one attached hydrogen (secondary N) is 1. The number of benzene rings is 3. The quantitative estimate of drug-likeness (QED) is 0.466. The minimum atomic E-state index is -0.654. The van der Waals surface area contributed by atoms with Gasteiger partial charge in [-0.3, -0.25) is 14.9 Å². The van der Waals surface area contributed by atoms with Crippen molar-refractivity contribution in [3.8, 4) is 11.5 Å². The smallest absolute Gasteiger partial charge is 0.257 e. The van der Waals surface area contributed by atoms with E-state index in [1.165, 1.54) is 30.6 Å². The van der Waals surface area contributed by atoms with E-state index in [0.29, 0.717) is 5.13 Å². The number of halogens is 1. The number of ether oxygens (including phenoxy) is 2. The van der Waals surface area contributed by atoms with Gasteiger partial charge in [0.25, 0.3) is 11.8 Å². The zero-order valence-corrected chi connectivity index (χ0v) is 17.3. The SMILES string of the molecule is COc1cc(C(=O)Nc2nc3c(ccc4ccccc43)s2)cc(Cl)c1OCC(N)=O. The average molecular weight is 442 g/mol. The predicted octanol–water partition coefficient (Wildman–Crippen LogP) is 4.23. The van der Waals surface area contributed by atoms with Crippen LogP contribution in [0.2, 0.25) is 5.02 Å². The number of aromatic nitrogens is 1. The monoisotopic (exact) mass is 441 g/mol. The second-order valence-electron chi connectivity index (χ2n) is 6.35. The average Bonchev–Trinajstić information content (AvgIpc) is 3.15. The zero-order chi connectivity index (χ0) is 21.3. The summed E-state index contributed by atoms with van der Waals surface area (Å²) in [6.45, 7) is -0.360. The molecule has 4 rings (SSSR count). The summed E-state index contributed by atoms with van der Waals surface area (Å²) < 4.78 is 11.5. The molecule has 4 aromatic rings. The van der Waals surface area contributed by atoms with Crippen LogP contribution in [-0.2, 0) is 4.79 Å². The van der Waals surface area contributed by atoms with E-state index in [-0.39, 0.29) is 28.7 Å². The molecule has 0 saturated heterocycles. The van der Waals surface area contributed by atoms with E-state index >= 15 is 0 Å². The van der Waals surface area contributed by atoms with E-state index in [1.807, 2.05) is 36.4 Å². The molecule has 0 atom stereocenters. The molecule has 1 heterocycles. The van der Waals surface area contributed by atoms with Crippen LogP contribution in [0, 0.1) is 0 Å². The first-order chi connectivity index (χ1) is 14.5. The van der Waals surface area contributed by atoms with Gasteiger partial charge in [0.2, 0.25) is 0 Å². The Balaban J connectivity index is 1.63. The fourth-order valence-corrected chi connectivity index (χ4v) is 4.16. The van der Waals surface area contributed by atoms with E-state index in [9.17, 15) is 9.59 Å². The number of fused-ring (bicyclic) bond motifs is 3. The highest BCUT2D eigenvalue weighted by Gasteiger charge is 2.18. The number of amides is 2. The number of rotatable bonds is 6. The Kier molecular flexibility index (Phi) is 5.43. The Labute approximate surface area is 180 Å². The molecule has 9 heteroatoms. The number of carbonyl (C=O) groups is 2. The van der Waals surface area contributed by atoms with Crippen LogP contribution in [0.4, 0.5) is 5.13 Å². The second kappa shape index (κ2) is 8.17. The number of nitrogens with two attached hydrogens (primary N) is 1. The van der Waals surface area contributed by atoms with E-state index in [1.54, 1.807) is 0 Å². The number of hydrogen-bond donors (Lipinski definition) is 2. The molecule has 0 spiro atoms. The van der Waals surface area contributed by atoms with Gasteiger partial charge in [0.15, 0.2) is 23.2 Å². The molecular formula is C21H16ClN3O4S. The van der Waals surface area contributed by atoms with Crippen LogP contribution in [0.15, 0.2) is 48.5 Å². The van der Waals surface area contributed by atoms with Crippen molar-refractivity contribution in [3.05, 3.63) is 59.1 Å². The summed E-state index contributed by atoms with van der Waals surface area (Å²) in [6, 6.07) is 14.8. The minimum Gasteiger partial charge on any atom is -0.493 e. The van der Waals surface area contributed by atoms with Gasteiger partial charge in [0.1, 0.15) is 0 Å². The lowest BCUT2D eigenvalue weighted by molar-refractivity contribution is -0.119. The fourth-order valence-electron chi connectivity index (χ4n) is 3.02. The number of thiazole rings is 1. The lowest BCUT2D eigenvalue weighted by Crippen LogP contribution is -2.20. The molecule has 0 aliphatic carbocycles. The maximum atomic E-state index is 12.8. The van der Waals surface area contributed by atoms with Crippen molar-refractivity contribution in [3.63, 3.8) is 0 Å². The highest BCUT2D eigenvalue weighted by atomic mass is 35.5. The molecule has 0 unspecified atom stereocenters. The molecule has 0 saturated carbocycles. The minimum absolute atomic E-state index is 0.121. The molecule has 0 fully saturated rings. The van der Waals surface area contributed by atoms with Crippen molar-refractivity contribution >= 4 is 60.9 Å². The van der Waals surface area contributed by atoms with Crippen LogP contribution in [0.1, 0.15) is 10.4 Å². The number of anilines is 1. The van der Waals surface area contributed by atoms with Crippen LogP contribution in [0.3, 0.4) is 0 Å². The number of hydrogen-bond acceptors (Lipinski definition) is 6. The number of methoxy groups -OCH3 is 1. The maximum Gasteiger partial charge on any atom is 0.257 e. The number of nitrogens with zero attached hydrogens (tertiary/aromatic N) is 1. The standard InChI is InChI=1S/C21H16ClN3O4S/c1-28-15-9-12(8-14(22)19(15)29-10-17(23)26)20(27)25-21-24-18-13-5-3-2-4-11(13)6-7-16(18)30-21/h2-9H,10H2,1H3,(H2,23,26)(H,24,25,27). The Morgan fingerprint density at radius 3 is 2.77 bits per heavy atom. The van der Waals surface area contributed by atoms with Gasteiger partial charge in [-0.25, -0.2) is 4.98 Å². The molecule has 1 aromatic heterocycles. The summed E-state index contributed by atoms with van der Waals surface area (Å²) >= 11 is 7.60. The van der Waals surface area contributed by atoms with Crippen molar-refractivity contribution < 1.29 is 19.1 Å². The molecule has 0 bridgehead atoms. The first-order valence-corrected chi connectivity index (χ1v) is 10.0. The van der Waals surface area contributed by atoms with E-state index < -0.39 is 11.8 Å². The van der Waals surface area contributed by atoms with E-state index in [4.69, 9.17) is 26.8 Å². The van der Waals surface area contributed by atoms with Gasteiger partial charge in [-0.05, 0) is 23.6 Å². The van der Waals surface area contributed by atoms with Crippen LogP contribution < -0.4 is 20.5 Å². The van der Waals surface area contributed by atoms with Crippen LogP contribution in [-0.4, -0.2) is 30.5 Å². The molecule has 3 N–H and O–H groups in total. The molecule has 2 amide bonds. The third-order valence-electron chi connectivity index (χ3n) is 4.35. The summed E-state index contributed by atoms with van der Waals surface area (Å²) in [5, 5.41) is 5.49. The first kappa shape index (κ1) is 19.9. The summed E-state index contributed by atoms with van der Waals surface area (Å²) in [7, 11) is 1.41. The van der Waals surface area contributed by atoms with Gasteiger partial charge in [-0.1, -0.05) is 53.3 Å². The molecule has 0 aliphatic rings. The van der Waals surface area contributed by atoms with Gasteiger partial charge in [0, 0.05) is 10.9 Å². The van der Waals surface area contributed by atoms with Gasteiger partial charge in [-0.15, -0.1) is 0 Å². The predicted molar refractivity (Wildman–Crippen MR) is 118 cm³/mol. The van der Waals surface area contributed by atoms with Crippen LogP contribution in [0.5, 0.6) is 11.5 Å². The molecule has 0 aliphatic heterocycles. The van der Waals surface area contributed by atoms with E-state index in [2.05, 4.69) is 10.3 Å². The van der Waals surface area contributed by atoms with Gasteiger partial charge in [0.05, 0.1) is 22.3 Å². The third kappa shape index (κ3) is 3.87. The fraction of sp³-hybridized carbons (Fsp3) is 0.0952. The lowest BCUT2D eigenvalue weighted by Gasteiger charge is -2.13. The Bertz CT molecular complexity index is 1290. The Hall–Kier alpha value is -3.36. The number of primary amides is 1. The third-order valence-corrected chi connectivity index (χ3v) is 5.57. The van der Waals surface area contributed by atoms with Crippen LogP contribution in [0.25, 0.3) is 21.0 Å². The summed E-state index contributed by atoms with van der Waals surface area (Å²) in [5.74, 6) is -0.705. The van der Waals surface area contributed by atoms with Crippen molar-refractivity contribution in [2.75, 3.05) is 19.0 Å². The molecule has 7 nitrogen and oxygen atoms in total. The number of carbonyl (C=O) groups excluding carboxylic acids is 2.